The van der Waals surface area contributed by atoms with E-state index in [4.69, 9.17) is 10.5 Å². The lowest BCUT2D eigenvalue weighted by Gasteiger charge is -2.06. The second kappa shape index (κ2) is 5.57. The maximum Gasteiger partial charge on any atom is 0.153 e. The monoisotopic (exact) mass is 344 g/mol. The first-order valence-electron chi connectivity index (χ1n) is 6.29. The third-order valence-electron chi connectivity index (χ3n) is 3.05. The first-order valence-corrected chi connectivity index (χ1v) is 7.09. The van der Waals surface area contributed by atoms with Gasteiger partial charge in [-0.3, -0.25) is 0 Å². The second-order valence-corrected chi connectivity index (χ2v) is 5.33. The SMILES string of the molecule is COc1ccccc1-c1nn(-c2ccc(Br)cn2)cc1N. The Morgan fingerprint density at radius 1 is 1.19 bits per heavy atom. The van der Waals surface area contributed by atoms with Gasteiger partial charge in [0, 0.05) is 16.2 Å². The average molecular weight is 345 g/mol. The van der Waals surface area contributed by atoms with E-state index in [2.05, 4.69) is 26.0 Å². The van der Waals surface area contributed by atoms with Gasteiger partial charge in [0.15, 0.2) is 5.82 Å². The summed E-state index contributed by atoms with van der Waals surface area (Å²) in [6, 6.07) is 11.4. The molecule has 5 nitrogen and oxygen atoms in total. The molecule has 0 aliphatic heterocycles. The molecule has 0 saturated heterocycles. The number of hydrogen-bond donors (Lipinski definition) is 1. The van der Waals surface area contributed by atoms with Crippen LogP contribution < -0.4 is 10.5 Å². The summed E-state index contributed by atoms with van der Waals surface area (Å²) in [5, 5.41) is 4.52. The maximum atomic E-state index is 6.09. The molecule has 3 rings (SSSR count). The minimum atomic E-state index is 0.573. The smallest absolute Gasteiger partial charge is 0.153 e. The molecule has 3 aromatic rings. The van der Waals surface area contributed by atoms with Gasteiger partial charge in [0.05, 0.1) is 19.0 Å². The van der Waals surface area contributed by atoms with Crippen molar-refractivity contribution in [1.82, 2.24) is 14.8 Å². The molecule has 0 unspecified atom stereocenters. The fraction of sp³-hybridized carbons (Fsp3) is 0.0667. The van der Waals surface area contributed by atoms with Crippen molar-refractivity contribution in [2.75, 3.05) is 12.8 Å². The zero-order valence-corrected chi connectivity index (χ0v) is 12.9. The van der Waals surface area contributed by atoms with Gasteiger partial charge in [-0.1, -0.05) is 12.1 Å². The fourth-order valence-corrected chi connectivity index (χ4v) is 2.29. The molecular formula is C15H13BrN4O. The molecule has 0 radical (unpaired) electrons. The normalized spacial score (nSPS) is 10.6. The van der Waals surface area contributed by atoms with E-state index in [1.54, 1.807) is 24.2 Å². The molecule has 1 aromatic carbocycles. The van der Waals surface area contributed by atoms with Crippen molar-refractivity contribution < 1.29 is 4.74 Å². The van der Waals surface area contributed by atoms with Crippen molar-refractivity contribution >= 4 is 21.6 Å². The van der Waals surface area contributed by atoms with Gasteiger partial charge < -0.3 is 10.5 Å². The lowest BCUT2D eigenvalue weighted by atomic mass is 10.1. The highest BCUT2D eigenvalue weighted by Gasteiger charge is 2.14. The number of ether oxygens (including phenoxy) is 1. The summed E-state index contributed by atoms with van der Waals surface area (Å²) >= 11 is 3.36. The number of para-hydroxylation sites is 1. The van der Waals surface area contributed by atoms with Crippen LogP contribution in [-0.2, 0) is 0 Å². The summed E-state index contributed by atoms with van der Waals surface area (Å²) in [5.41, 5.74) is 8.19. The van der Waals surface area contributed by atoms with Crippen molar-refractivity contribution in [3.05, 3.63) is 53.3 Å². The number of hydrogen-bond acceptors (Lipinski definition) is 4. The van der Waals surface area contributed by atoms with E-state index in [1.165, 1.54) is 0 Å². The Kier molecular flexibility index (Phi) is 3.62. The van der Waals surface area contributed by atoms with Crippen LogP contribution in [0.15, 0.2) is 53.3 Å². The predicted molar refractivity (Wildman–Crippen MR) is 85.5 cm³/mol. The van der Waals surface area contributed by atoms with E-state index in [0.29, 0.717) is 17.2 Å². The molecule has 2 heterocycles. The Hall–Kier alpha value is -2.34. The van der Waals surface area contributed by atoms with Crippen molar-refractivity contribution in [2.45, 2.75) is 0 Å². The number of anilines is 1. The summed E-state index contributed by atoms with van der Waals surface area (Å²) in [6.45, 7) is 0. The number of nitrogens with two attached hydrogens (primary N) is 1. The molecule has 0 spiro atoms. The Morgan fingerprint density at radius 2 is 2.00 bits per heavy atom. The van der Waals surface area contributed by atoms with Crippen molar-refractivity contribution in [3.63, 3.8) is 0 Å². The molecule has 106 valence electrons. The molecule has 0 aliphatic rings. The van der Waals surface area contributed by atoms with Crippen LogP contribution in [0.4, 0.5) is 5.69 Å². The molecule has 2 N–H and O–H groups in total. The molecule has 0 amide bonds. The number of aromatic nitrogens is 3. The van der Waals surface area contributed by atoms with E-state index < -0.39 is 0 Å². The van der Waals surface area contributed by atoms with Gasteiger partial charge in [0.2, 0.25) is 0 Å². The lowest BCUT2D eigenvalue weighted by Crippen LogP contribution is -1.98. The zero-order valence-electron chi connectivity index (χ0n) is 11.3. The Bertz CT molecular complexity index is 768. The third kappa shape index (κ3) is 2.62. The van der Waals surface area contributed by atoms with Crippen LogP contribution in [0, 0.1) is 0 Å². The quantitative estimate of drug-likeness (QED) is 0.791. The van der Waals surface area contributed by atoms with E-state index in [-0.39, 0.29) is 0 Å². The number of methoxy groups -OCH3 is 1. The zero-order chi connectivity index (χ0) is 14.8. The highest BCUT2D eigenvalue weighted by Crippen LogP contribution is 2.32. The van der Waals surface area contributed by atoms with Crippen molar-refractivity contribution in [3.8, 4) is 22.8 Å². The van der Waals surface area contributed by atoms with Crippen LogP contribution in [0.25, 0.3) is 17.1 Å². The molecular weight excluding hydrogens is 332 g/mol. The number of pyridine rings is 1. The van der Waals surface area contributed by atoms with Crippen LogP contribution in [0.1, 0.15) is 0 Å². The van der Waals surface area contributed by atoms with E-state index >= 15 is 0 Å². The minimum absolute atomic E-state index is 0.573. The summed E-state index contributed by atoms with van der Waals surface area (Å²) in [4.78, 5) is 4.31. The van der Waals surface area contributed by atoms with Gasteiger partial charge in [-0.15, -0.1) is 0 Å². The second-order valence-electron chi connectivity index (χ2n) is 4.41. The standard InChI is InChI=1S/C15H13BrN4O/c1-21-13-5-3-2-4-11(13)15-12(17)9-20(19-15)14-7-6-10(16)8-18-14/h2-9H,17H2,1H3. The Balaban J connectivity index is 2.07. The molecule has 2 aromatic heterocycles. The number of nitrogen functional groups attached to an aromatic ring is 1. The summed E-state index contributed by atoms with van der Waals surface area (Å²) < 4.78 is 7.93. The van der Waals surface area contributed by atoms with Gasteiger partial charge in [-0.2, -0.15) is 5.10 Å². The van der Waals surface area contributed by atoms with Crippen LogP contribution in [-0.4, -0.2) is 21.9 Å². The van der Waals surface area contributed by atoms with E-state index in [9.17, 15) is 0 Å². The maximum absolute atomic E-state index is 6.09. The molecule has 0 atom stereocenters. The Morgan fingerprint density at radius 3 is 2.71 bits per heavy atom. The average Bonchev–Trinajstić information content (AvgIpc) is 2.89. The van der Waals surface area contributed by atoms with Crippen LogP contribution in [0.5, 0.6) is 5.75 Å². The molecule has 0 saturated carbocycles. The van der Waals surface area contributed by atoms with Crippen LogP contribution >= 0.6 is 15.9 Å². The van der Waals surface area contributed by atoms with Crippen LogP contribution in [0.3, 0.4) is 0 Å². The van der Waals surface area contributed by atoms with Gasteiger partial charge >= 0.3 is 0 Å². The molecule has 6 heteroatoms. The van der Waals surface area contributed by atoms with Gasteiger partial charge in [0.25, 0.3) is 0 Å². The summed E-state index contributed by atoms with van der Waals surface area (Å²) in [7, 11) is 1.63. The fourth-order valence-electron chi connectivity index (χ4n) is 2.06. The van der Waals surface area contributed by atoms with Crippen molar-refractivity contribution in [2.24, 2.45) is 0 Å². The predicted octanol–water partition coefficient (Wildman–Crippen LogP) is 3.29. The molecule has 0 bridgehead atoms. The number of nitrogens with zero attached hydrogens (tertiary/aromatic N) is 3. The third-order valence-corrected chi connectivity index (χ3v) is 3.52. The van der Waals surface area contributed by atoms with E-state index in [0.717, 1.165) is 15.8 Å². The highest BCUT2D eigenvalue weighted by atomic mass is 79.9. The van der Waals surface area contributed by atoms with E-state index in [1.807, 2.05) is 36.4 Å². The van der Waals surface area contributed by atoms with Gasteiger partial charge in [0.1, 0.15) is 11.4 Å². The molecule has 0 fully saturated rings. The van der Waals surface area contributed by atoms with Gasteiger partial charge in [-0.25, -0.2) is 9.67 Å². The number of rotatable bonds is 3. The Labute approximate surface area is 130 Å². The number of halogens is 1. The minimum Gasteiger partial charge on any atom is -0.496 e. The van der Waals surface area contributed by atoms with Gasteiger partial charge in [-0.05, 0) is 40.2 Å². The topological polar surface area (TPSA) is 66.0 Å². The lowest BCUT2D eigenvalue weighted by molar-refractivity contribution is 0.416. The summed E-state index contributed by atoms with van der Waals surface area (Å²) in [5.74, 6) is 1.43. The highest BCUT2D eigenvalue weighted by molar-refractivity contribution is 9.10. The number of benzene rings is 1. The molecule has 0 aliphatic carbocycles. The largest absolute Gasteiger partial charge is 0.496 e. The summed E-state index contributed by atoms with van der Waals surface area (Å²) in [6.07, 6.45) is 3.47. The first kappa shape index (κ1) is 13.6. The molecule has 21 heavy (non-hydrogen) atoms. The van der Waals surface area contributed by atoms with Crippen molar-refractivity contribution in [1.29, 1.82) is 0 Å². The first-order chi connectivity index (χ1) is 10.2. The van der Waals surface area contributed by atoms with Crippen LogP contribution in [0.2, 0.25) is 0 Å².